The molecule has 2 atom stereocenters. The molecule has 4 nitrogen and oxygen atoms in total. The van der Waals surface area contributed by atoms with Crippen LogP contribution in [0.1, 0.15) is 33.1 Å². The third kappa shape index (κ3) is 2.60. The first-order valence-corrected chi connectivity index (χ1v) is 7.86. The summed E-state index contributed by atoms with van der Waals surface area (Å²) in [4.78, 5) is -0.0280. The van der Waals surface area contributed by atoms with Crippen LogP contribution in [0.4, 0.5) is 10.1 Å². The zero-order valence-corrected chi connectivity index (χ0v) is 12.0. The lowest BCUT2D eigenvalue weighted by Crippen LogP contribution is -2.47. The largest absolute Gasteiger partial charge is 0.396 e. The minimum absolute atomic E-state index is 0.0280. The Morgan fingerprint density at radius 2 is 1.84 bits per heavy atom. The molecule has 19 heavy (non-hydrogen) atoms. The van der Waals surface area contributed by atoms with E-state index < -0.39 is 15.8 Å². The van der Waals surface area contributed by atoms with Gasteiger partial charge in [-0.15, -0.1) is 0 Å². The highest BCUT2D eigenvalue weighted by Crippen LogP contribution is 2.30. The SMILES string of the molecule is CC1CCCC(C)N1S(=O)(=O)c1ccc(N)c(F)c1. The van der Waals surface area contributed by atoms with Gasteiger partial charge >= 0.3 is 0 Å². The lowest BCUT2D eigenvalue weighted by molar-refractivity contribution is 0.204. The fraction of sp³-hybridized carbons (Fsp3) is 0.538. The topological polar surface area (TPSA) is 63.4 Å². The molecular weight excluding hydrogens is 267 g/mol. The molecule has 6 heteroatoms. The summed E-state index contributed by atoms with van der Waals surface area (Å²) in [5, 5.41) is 0. The van der Waals surface area contributed by atoms with E-state index >= 15 is 0 Å². The molecule has 1 aliphatic rings. The maximum Gasteiger partial charge on any atom is 0.243 e. The van der Waals surface area contributed by atoms with E-state index in [0.717, 1.165) is 25.3 Å². The molecule has 1 saturated heterocycles. The minimum atomic E-state index is -3.66. The zero-order valence-electron chi connectivity index (χ0n) is 11.1. The van der Waals surface area contributed by atoms with Gasteiger partial charge in [-0.2, -0.15) is 4.31 Å². The molecule has 2 N–H and O–H groups in total. The summed E-state index contributed by atoms with van der Waals surface area (Å²) < 4.78 is 40.1. The Bertz CT molecular complexity index is 564. The average molecular weight is 286 g/mol. The summed E-state index contributed by atoms with van der Waals surface area (Å²) in [5.41, 5.74) is 5.34. The van der Waals surface area contributed by atoms with E-state index in [2.05, 4.69) is 0 Å². The second-order valence-electron chi connectivity index (χ2n) is 5.15. The monoisotopic (exact) mass is 286 g/mol. The van der Waals surface area contributed by atoms with Gasteiger partial charge in [-0.25, -0.2) is 12.8 Å². The third-order valence-electron chi connectivity index (χ3n) is 3.66. The van der Waals surface area contributed by atoms with Gasteiger partial charge in [0.1, 0.15) is 5.82 Å². The first kappa shape index (κ1) is 14.3. The van der Waals surface area contributed by atoms with Crippen LogP contribution in [-0.4, -0.2) is 24.8 Å². The highest BCUT2D eigenvalue weighted by Gasteiger charge is 2.35. The van der Waals surface area contributed by atoms with Gasteiger partial charge in [0.05, 0.1) is 10.6 Å². The Hall–Kier alpha value is -1.14. The average Bonchev–Trinajstić information content (AvgIpc) is 2.32. The molecule has 0 aromatic heterocycles. The Kier molecular flexibility index (Phi) is 3.82. The van der Waals surface area contributed by atoms with Crippen LogP contribution in [0.25, 0.3) is 0 Å². The summed E-state index contributed by atoms with van der Waals surface area (Å²) in [6.45, 7) is 3.78. The van der Waals surface area contributed by atoms with E-state index in [0.29, 0.717) is 0 Å². The number of sulfonamides is 1. The maximum absolute atomic E-state index is 13.5. The van der Waals surface area contributed by atoms with Gasteiger partial charge < -0.3 is 5.73 Å². The van der Waals surface area contributed by atoms with E-state index in [4.69, 9.17) is 5.73 Å². The number of anilines is 1. The molecule has 2 unspecified atom stereocenters. The molecule has 1 heterocycles. The van der Waals surface area contributed by atoms with E-state index in [1.807, 2.05) is 13.8 Å². The van der Waals surface area contributed by atoms with E-state index in [9.17, 15) is 12.8 Å². The van der Waals surface area contributed by atoms with Gasteiger partial charge in [-0.3, -0.25) is 0 Å². The number of hydrogen-bond donors (Lipinski definition) is 1. The molecule has 1 aromatic rings. The predicted molar refractivity (Wildman–Crippen MR) is 72.6 cm³/mol. The van der Waals surface area contributed by atoms with Crippen molar-refractivity contribution in [2.24, 2.45) is 0 Å². The Labute approximate surface area is 113 Å². The fourth-order valence-corrected chi connectivity index (χ4v) is 4.56. The molecular formula is C13H19FN2O2S. The molecule has 0 spiro atoms. The van der Waals surface area contributed by atoms with Crippen LogP contribution >= 0.6 is 0 Å². The van der Waals surface area contributed by atoms with Crippen LogP contribution < -0.4 is 5.73 Å². The number of nitrogen functional groups attached to an aromatic ring is 1. The van der Waals surface area contributed by atoms with Crippen molar-refractivity contribution in [2.75, 3.05) is 5.73 Å². The number of hydrogen-bond acceptors (Lipinski definition) is 3. The molecule has 1 aliphatic heterocycles. The van der Waals surface area contributed by atoms with Gasteiger partial charge in [-0.05, 0) is 44.9 Å². The summed E-state index contributed by atoms with van der Waals surface area (Å²) in [5.74, 6) is -0.696. The van der Waals surface area contributed by atoms with Crippen molar-refractivity contribution in [1.82, 2.24) is 4.31 Å². The van der Waals surface area contributed by atoms with Gasteiger partial charge in [0.2, 0.25) is 10.0 Å². The van der Waals surface area contributed by atoms with Crippen molar-refractivity contribution < 1.29 is 12.8 Å². The molecule has 2 rings (SSSR count). The highest BCUT2D eigenvalue weighted by atomic mass is 32.2. The lowest BCUT2D eigenvalue weighted by atomic mass is 10.0. The lowest BCUT2D eigenvalue weighted by Gasteiger charge is -2.37. The van der Waals surface area contributed by atoms with Crippen molar-refractivity contribution in [1.29, 1.82) is 0 Å². The van der Waals surface area contributed by atoms with Crippen LogP contribution in [0.15, 0.2) is 23.1 Å². The van der Waals surface area contributed by atoms with Crippen molar-refractivity contribution >= 4 is 15.7 Å². The predicted octanol–water partition coefficient (Wildman–Crippen LogP) is 2.36. The summed E-state index contributed by atoms with van der Waals surface area (Å²) in [7, 11) is -3.66. The second kappa shape index (κ2) is 5.09. The van der Waals surface area contributed by atoms with Crippen LogP contribution in [0.3, 0.4) is 0 Å². The van der Waals surface area contributed by atoms with Gasteiger partial charge in [0.25, 0.3) is 0 Å². The number of benzene rings is 1. The third-order valence-corrected chi connectivity index (χ3v) is 5.78. The number of piperidine rings is 1. The Morgan fingerprint density at radius 1 is 1.26 bits per heavy atom. The molecule has 0 amide bonds. The second-order valence-corrected chi connectivity index (χ2v) is 6.99. The van der Waals surface area contributed by atoms with Gasteiger partial charge in [-0.1, -0.05) is 6.42 Å². The summed E-state index contributed by atoms with van der Waals surface area (Å²) in [6.07, 6.45) is 2.69. The molecule has 0 radical (unpaired) electrons. The molecule has 106 valence electrons. The Balaban J connectivity index is 2.43. The van der Waals surface area contributed by atoms with Crippen LogP contribution in [-0.2, 0) is 10.0 Å². The van der Waals surface area contributed by atoms with Crippen LogP contribution in [0.5, 0.6) is 0 Å². The van der Waals surface area contributed by atoms with E-state index in [1.165, 1.54) is 16.4 Å². The molecule has 0 aliphatic carbocycles. The fourth-order valence-electron chi connectivity index (χ4n) is 2.66. The first-order valence-electron chi connectivity index (χ1n) is 6.42. The molecule has 0 saturated carbocycles. The van der Waals surface area contributed by atoms with Crippen molar-refractivity contribution in [3.05, 3.63) is 24.0 Å². The quantitative estimate of drug-likeness (QED) is 0.849. The number of nitrogens with zero attached hydrogens (tertiary/aromatic N) is 1. The highest BCUT2D eigenvalue weighted by molar-refractivity contribution is 7.89. The Morgan fingerprint density at radius 3 is 2.37 bits per heavy atom. The van der Waals surface area contributed by atoms with E-state index in [-0.39, 0.29) is 22.7 Å². The van der Waals surface area contributed by atoms with Gasteiger partial charge in [0.15, 0.2) is 0 Å². The van der Waals surface area contributed by atoms with Crippen LogP contribution in [0, 0.1) is 5.82 Å². The minimum Gasteiger partial charge on any atom is -0.396 e. The van der Waals surface area contributed by atoms with E-state index in [1.54, 1.807) is 0 Å². The van der Waals surface area contributed by atoms with Crippen molar-refractivity contribution in [3.63, 3.8) is 0 Å². The summed E-state index contributed by atoms with van der Waals surface area (Å²) >= 11 is 0. The smallest absolute Gasteiger partial charge is 0.243 e. The van der Waals surface area contributed by atoms with Gasteiger partial charge in [0, 0.05) is 12.1 Å². The normalized spacial score (nSPS) is 25.4. The van der Waals surface area contributed by atoms with Crippen molar-refractivity contribution in [3.8, 4) is 0 Å². The zero-order chi connectivity index (χ0) is 14.2. The first-order chi connectivity index (χ1) is 8.84. The standard InChI is InChI=1S/C13H19FN2O2S/c1-9-4-3-5-10(2)16(9)19(17,18)11-6-7-13(15)12(14)8-11/h6-10H,3-5,15H2,1-2H3. The molecule has 0 bridgehead atoms. The van der Waals surface area contributed by atoms with Crippen LogP contribution in [0.2, 0.25) is 0 Å². The number of rotatable bonds is 2. The number of nitrogens with two attached hydrogens (primary N) is 1. The summed E-state index contributed by atoms with van der Waals surface area (Å²) in [6, 6.07) is 3.53. The van der Waals surface area contributed by atoms with Crippen molar-refractivity contribution in [2.45, 2.75) is 50.1 Å². The number of halogens is 1. The maximum atomic E-state index is 13.5. The molecule has 1 aromatic carbocycles. The molecule has 1 fully saturated rings.